The first-order valence-corrected chi connectivity index (χ1v) is 15.4. The van der Waals surface area contributed by atoms with Gasteiger partial charge in [-0.1, -0.05) is 45.0 Å². The quantitative estimate of drug-likeness (QED) is 0.196. The highest BCUT2D eigenvalue weighted by atomic mass is 16.5. The predicted octanol–water partition coefficient (Wildman–Crippen LogP) is 4.40. The number of aromatic nitrogens is 1. The Labute approximate surface area is 261 Å². The van der Waals surface area contributed by atoms with Crippen LogP contribution in [0.2, 0.25) is 0 Å². The molecule has 0 radical (unpaired) electrons. The highest BCUT2D eigenvalue weighted by Gasteiger charge is 2.30. The van der Waals surface area contributed by atoms with Crippen LogP contribution in [0.15, 0.2) is 54.5 Å². The van der Waals surface area contributed by atoms with Crippen molar-refractivity contribution in [2.24, 2.45) is 11.3 Å². The average molecular weight is 604 g/mol. The third-order valence-corrected chi connectivity index (χ3v) is 8.32. The zero-order valence-corrected chi connectivity index (χ0v) is 27.0. The Hall–Kier alpha value is -4.12. The Bertz CT molecular complexity index is 1430. The van der Waals surface area contributed by atoms with Crippen molar-refractivity contribution in [1.82, 2.24) is 30.3 Å². The van der Waals surface area contributed by atoms with Crippen LogP contribution in [0.25, 0.3) is 0 Å². The van der Waals surface area contributed by atoms with Crippen LogP contribution in [0.1, 0.15) is 69.7 Å². The van der Waals surface area contributed by atoms with Crippen molar-refractivity contribution < 1.29 is 9.53 Å². The summed E-state index contributed by atoms with van der Waals surface area (Å²) >= 11 is 0. The molecule has 1 aliphatic carbocycles. The Morgan fingerprint density at radius 3 is 2.36 bits per heavy atom. The van der Waals surface area contributed by atoms with E-state index >= 15 is 0 Å². The molecule has 1 aromatic carbocycles. The summed E-state index contributed by atoms with van der Waals surface area (Å²) in [5.74, 6) is 1.99. The van der Waals surface area contributed by atoms with Crippen LogP contribution < -0.4 is 26.2 Å². The number of hydrogen-bond acceptors (Lipinski definition) is 7. The van der Waals surface area contributed by atoms with Crippen LogP contribution in [-0.2, 0) is 0 Å². The van der Waals surface area contributed by atoms with E-state index in [4.69, 9.17) is 21.0 Å². The van der Waals surface area contributed by atoms with Gasteiger partial charge in [-0.2, -0.15) is 0 Å². The van der Waals surface area contributed by atoms with Gasteiger partial charge in [-0.05, 0) is 75.0 Å². The fourth-order valence-corrected chi connectivity index (χ4v) is 5.76. The number of hydrogen-bond donors (Lipinski definition) is 6. The molecular formula is C33H49N9O2. The normalized spacial score (nSPS) is 19.2. The number of nitrogens with zero attached hydrogens (tertiary/aromatic N) is 3. The molecule has 0 bridgehead atoms. The van der Waals surface area contributed by atoms with Gasteiger partial charge in [0.25, 0.3) is 0 Å². The third-order valence-electron chi connectivity index (χ3n) is 8.32. The number of likely N-dealkylation sites (tertiary alicyclic amines) is 1. The number of carbonyl (C=O) groups is 1. The molecule has 11 heteroatoms. The van der Waals surface area contributed by atoms with Crippen LogP contribution in [0.5, 0.6) is 5.75 Å². The van der Waals surface area contributed by atoms with Crippen LogP contribution in [0.4, 0.5) is 4.79 Å². The maximum Gasteiger partial charge on any atom is 0.320 e. The fraction of sp³-hybridized carbons (Fsp3) is 0.515. The summed E-state index contributed by atoms with van der Waals surface area (Å²) in [6.07, 6.45) is 6.59. The molecule has 0 saturated carbocycles. The van der Waals surface area contributed by atoms with Crippen molar-refractivity contribution in [1.29, 1.82) is 16.2 Å². The Morgan fingerprint density at radius 1 is 1.05 bits per heavy atom. The van der Waals surface area contributed by atoms with Crippen LogP contribution in [0, 0.1) is 27.6 Å². The van der Waals surface area contributed by atoms with E-state index in [0.717, 1.165) is 43.6 Å². The van der Waals surface area contributed by atoms with Crippen molar-refractivity contribution in [2.45, 2.75) is 58.6 Å². The zero-order chi connectivity index (χ0) is 32.0. The first-order chi connectivity index (χ1) is 20.8. The maximum absolute atomic E-state index is 13.0. The zero-order valence-electron chi connectivity index (χ0n) is 27.0. The van der Waals surface area contributed by atoms with Gasteiger partial charge in [-0.25, -0.2) is 4.79 Å². The fourth-order valence-electron chi connectivity index (χ4n) is 5.76. The smallest absolute Gasteiger partial charge is 0.320 e. The Balaban J connectivity index is 1.43. The number of allylic oxidation sites excluding steroid dienone is 1. The van der Waals surface area contributed by atoms with Gasteiger partial charge in [0, 0.05) is 37.8 Å². The minimum atomic E-state index is -0.345. The predicted molar refractivity (Wildman–Crippen MR) is 174 cm³/mol. The number of pyridine rings is 1. The minimum Gasteiger partial charge on any atom is -0.484 e. The van der Waals surface area contributed by atoms with Gasteiger partial charge in [0.2, 0.25) is 5.96 Å². The summed E-state index contributed by atoms with van der Waals surface area (Å²) in [5, 5.41) is 34.5. The standard InChI is InChI=1S/C33H49N9O2/c1-33(2,3)28(34)19-30(37-4)39-32(43)38-26-12-13-27(25-10-8-7-9-24(25)26)44-23-11-14-29(35)42(21-23)31(36)41-17-15-22(16-18-41)20-40(5)6/h7-11,14,19,21-22,26-27,34-37H,12-13,15-18,20H2,1-6H3,(H2,38,39,43)/b30-19+,34-28?,35-29?,36-31?. The molecule has 6 N–H and O–H groups in total. The Kier molecular flexibility index (Phi) is 10.5. The lowest BCUT2D eigenvalue weighted by atomic mass is 9.85. The molecule has 2 heterocycles. The van der Waals surface area contributed by atoms with E-state index in [-0.39, 0.29) is 29.1 Å². The van der Waals surface area contributed by atoms with E-state index in [0.29, 0.717) is 42.0 Å². The first-order valence-electron chi connectivity index (χ1n) is 15.4. The second kappa shape index (κ2) is 14.1. The number of rotatable bonds is 8. The lowest BCUT2D eigenvalue weighted by molar-refractivity contribution is 0.170. The monoisotopic (exact) mass is 603 g/mol. The van der Waals surface area contributed by atoms with Crippen LogP contribution in [0.3, 0.4) is 0 Å². The van der Waals surface area contributed by atoms with E-state index in [1.54, 1.807) is 36.0 Å². The molecule has 1 fully saturated rings. The van der Waals surface area contributed by atoms with Crippen molar-refractivity contribution in [3.63, 3.8) is 0 Å². The van der Waals surface area contributed by atoms with Gasteiger partial charge < -0.3 is 30.6 Å². The number of nitrogens with one attached hydrogen (secondary N) is 6. The van der Waals surface area contributed by atoms with E-state index in [2.05, 4.69) is 34.9 Å². The van der Waals surface area contributed by atoms with E-state index in [1.165, 1.54) is 0 Å². The van der Waals surface area contributed by atoms with E-state index in [9.17, 15) is 4.79 Å². The summed E-state index contributed by atoms with van der Waals surface area (Å²) in [7, 11) is 5.91. The number of piperidine rings is 1. The van der Waals surface area contributed by atoms with Gasteiger partial charge >= 0.3 is 6.03 Å². The molecule has 2 aromatic rings. The largest absolute Gasteiger partial charge is 0.484 e. The Morgan fingerprint density at radius 2 is 1.73 bits per heavy atom. The number of carbonyl (C=O) groups excluding carboxylic acids is 1. The van der Waals surface area contributed by atoms with Gasteiger partial charge in [-0.15, -0.1) is 0 Å². The second-order valence-corrected chi connectivity index (χ2v) is 13.1. The van der Waals surface area contributed by atoms with Gasteiger partial charge in [0.1, 0.15) is 23.2 Å². The molecule has 1 saturated heterocycles. The van der Waals surface area contributed by atoms with Crippen molar-refractivity contribution in [3.05, 3.63) is 71.1 Å². The molecule has 2 atom stereocenters. The molecule has 1 aliphatic heterocycles. The highest BCUT2D eigenvalue weighted by Crippen LogP contribution is 2.38. The summed E-state index contributed by atoms with van der Waals surface area (Å²) in [4.78, 5) is 17.2. The number of fused-ring (bicyclic) bond motifs is 1. The van der Waals surface area contributed by atoms with Gasteiger partial charge in [0.05, 0.1) is 12.2 Å². The van der Waals surface area contributed by atoms with Crippen LogP contribution >= 0.6 is 0 Å². The maximum atomic E-state index is 13.0. The van der Waals surface area contributed by atoms with Gasteiger partial charge in [-0.3, -0.25) is 20.7 Å². The van der Waals surface area contributed by atoms with Crippen molar-refractivity contribution in [3.8, 4) is 5.75 Å². The number of urea groups is 1. The molecule has 44 heavy (non-hydrogen) atoms. The van der Waals surface area contributed by atoms with E-state index in [1.807, 2.05) is 49.9 Å². The number of ether oxygens (including phenoxy) is 1. The second-order valence-electron chi connectivity index (χ2n) is 13.1. The van der Waals surface area contributed by atoms with Crippen molar-refractivity contribution >= 4 is 17.7 Å². The third kappa shape index (κ3) is 8.28. The van der Waals surface area contributed by atoms with Crippen molar-refractivity contribution in [2.75, 3.05) is 40.8 Å². The first kappa shape index (κ1) is 32.8. The lowest BCUT2D eigenvalue weighted by Crippen LogP contribution is -2.45. The summed E-state index contributed by atoms with van der Waals surface area (Å²) in [6, 6.07) is 10.9. The number of amides is 2. The van der Waals surface area contributed by atoms with E-state index < -0.39 is 0 Å². The summed E-state index contributed by atoms with van der Waals surface area (Å²) < 4.78 is 8.09. The van der Waals surface area contributed by atoms with Crippen LogP contribution in [-0.4, -0.2) is 72.8 Å². The average Bonchev–Trinajstić information content (AvgIpc) is 2.98. The molecule has 2 aliphatic rings. The molecule has 4 rings (SSSR count). The molecule has 11 nitrogen and oxygen atoms in total. The summed E-state index contributed by atoms with van der Waals surface area (Å²) in [5.41, 5.74) is 2.31. The molecule has 1 aromatic heterocycles. The minimum absolute atomic E-state index is 0.199. The molecular weight excluding hydrogens is 554 g/mol. The molecule has 2 amide bonds. The summed E-state index contributed by atoms with van der Waals surface area (Å²) in [6.45, 7) is 8.53. The molecule has 0 spiro atoms. The topological polar surface area (TPSA) is 145 Å². The molecule has 2 unspecified atom stereocenters. The van der Waals surface area contributed by atoms with Gasteiger partial charge in [0.15, 0.2) is 0 Å². The SMILES string of the molecule is CN/C(=C\C(=N)C(C)(C)C)NC(=O)NC1CCC(Oc2ccc(=N)n(C(=N)N3CCC(CN(C)C)CC3)c2)c2ccccc21. The highest BCUT2D eigenvalue weighted by molar-refractivity contribution is 5.97. The number of benzene rings is 1. The molecule has 238 valence electrons. The lowest BCUT2D eigenvalue weighted by Gasteiger charge is -2.35.